The second-order valence-corrected chi connectivity index (χ2v) is 10.8. The van der Waals surface area contributed by atoms with E-state index in [1.807, 2.05) is 37.3 Å². The molecule has 3 heterocycles. The number of piperazine rings is 1. The van der Waals surface area contributed by atoms with Crippen molar-refractivity contribution in [3.8, 4) is 11.5 Å². The van der Waals surface area contributed by atoms with Gasteiger partial charge in [0.25, 0.3) is 5.91 Å². The Balaban J connectivity index is 1.64. The highest BCUT2D eigenvalue weighted by Gasteiger charge is 2.56. The minimum atomic E-state index is -1.08. The van der Waals surface area contributed by atoms with Gasteiger partial charge in [-0.15, -0.1) is 0 Å². The molecule has 1 aromatic heterocycles. The van der Waals surface area contributed by atoms with Gasteiger partial charge in [-0.05, 0) is 55.0 Å². The number of fused-ring (bicyclic) bond motifs is 5. The molecule has 1 saturated heterocycles. The number of nitrogens with one attached hydrogen (secondary N) is 1. The third-order valence-electron chi connectivity index (χ3n) is 7.85. The molecule has 1 fully saturated rings. The van der Waals surface area contributed by atoms with Crippen molar-refractivity contribution in [2.45, 2.75) is 52.0 Å². The van der Waals surface area contributed by atoms with E-state index in [2.05, 4.69) is 37.9 Å². The van der Waals surface area contributed by atoms with E-state index in [1.165, 1.54) is 0 Å². The van der Waals surface area contributed by atoms with Crippen LogP contribution < -0.4 is 9.47 Å². The molecule has 2 aliphatic rings. The van der Waals surface area contributed by atoms with Gasteiger partial charge in [-0.2, -0.15) is 0 Å². The number of ether oxygens (including phenoxy) is 2. The zero-order valence-electron chi connectivity index (χ0n) is 22.5. The van der Waals surface area contributed by atoms with Crippen molar-refractivity contribution in [1.29, 1.82) is 0 Å². The van der Waals surface area contributed by atoms with Crippen LogP contribution in [0.25, 0.3) is 10.9 Å². The molecule has 196 valence electrons. The molecule has 0 spiro atoms. The van der Waals surface area contributed by atoms with Gasteiger partial charge in [0.15, 0.2) is 17.0 Å². The topological polar surface area (TPSA) is 74.9 Å². The second kappa shape index (κ2) is 9.77. The lowest BCUT2D eigenvalue weighted by Crippen LogP contribution is -2.67. The summed E-state index contributed by atoms with van der Waals surface area (Å²) >= 11 is 0. The number of amides is 2. The van der Waals surface area contributed by atoms with E-state index in [9.17, 15) is 9.59 Å². The average Bonchev–Trinajstić information content (AvgIpc) is 3.29. The molecule has 2 aliphatic heterocycles. The summed E-state index contributed by atoms with van der Waals surface area (Å²) in [6.07, 6.45) is 1.77. The highest BCUT2D eigenvalue weighted by molar-refractivity contribution is 6.01. The number of hydrogen-bond donors (Lipinski definition) is 1. The summed E-state index contributed by atoms with van der Waals surface area (Å²) in [6.45, 7) is 9.99. The minimum absolute atomic E-state index is 0.0140. The molecule has 3 aromatic rings. The Morgan fingerprint density at radius 3 is 2.65 bits per heavy atom. The van der Waals surface area contributed by atoms with E-state index >= 15 is 0 Å². The molecule has 2 atom stereocenters. The van der Waals surface area contributed by atoms with Crippen LogP contribution in [-0.2, 0) is 15.1 Å². The number of aromatic nitrogens is 1. The summed E-state index contributed by atoms with van der Waals surface area (Å²) in [5.41, 5.74) is 2.80. The summed E-state index contributed by atoms with van der Waals surface area (Å²) in [5.74, 6) is 1.68. The summed E-state index contributed by atoms with van der Waals surface area (Å²) in [4.78, 5) is 34.7. The van der Waals surface area contributed by atoms with Crippen LogP contribution in [-0.4, -0.2) is 59.9 Å². The molecule has 0 bridgehead atoms. The fourth-order valence-corrected chi connectivity index (χ4v) is 5.80. The van der Waals surface area contributed by atoms with Crippen LogP contribution >= 0.6 is 0 Å². The number of carbonyl (C=O) groups is 2. The first kappa shape index (κ1) is 25.2. The standard InChI is InChI=1S/C30H37N3O4/c1-6-15-37-24-12-11-20(16-25(24)36-5)22-17-33-26(34)18-32(14-13-19(2)3)29(35)30(33,4)28-27(22)21-9-7-8-10-23(21)31-28/h7-12,16,19,22,31H,6,13-15,17-18H2,1-5H3/t22-,30+/m1/s1. The Kier molecular flexibility index (Phi) is 6.65. The van der Waals surface area contributed by atoms with Gasteiger partial charge >= 0.3 is 0 Å². The fourth-order valence-electron chi connectivity index (χ4n) is 5.80. The maximum atomic E-state index is 14.0. The number of para-hydroxylation sites is 1. The molecule has 2 aromatic carbocycles. The van der Waals surface area contributed by atoms with Crippen molar-refractivity contribution in [2.75, 3.05) is 33.4 Å². The maximum Gasteiger partial charge on any atom is 0.254 e. The first-order valence-corrected chi connectivity index (χ1v) is 13.3. The quantitative estimate of drug-likeness (QED) is 0.467. The smallest absolute Gasteiger partial charge is 0.254 e. The van der Waals surface area contributed by atoms with Crippen molar-refractivity contribution in [3.05, 3.63) is 59.3 Å². The molecule has 2 amide bonds. The largest absolute Gasteiger partial charge is 0.493 e. The van der Waals surface area contributed by atoms with Gasteiger partial charge < -0.3 is 24.3 Å². The first-order chi connectivity index (χ1) is 17.8. The molecular weight excluding hydrogens is 466 g/mol. The van der Waals surface area contributed by atoms with Gasteiger partial charge in [0.05, 0.1) is 26.0 Å². The van der Waals surface area contributed by atoms with Gasteiger partial charge in [0, 0.05) is 29.9 Å². The molecule has 37 heavy (non-hydrogen) atoms. The molecule has 0 unspecified atom stereocenters. The van der Waals surface area contributed by atoms with Crippen LogP contribution in [0, 0.1) is 5.92 Å². The number of benzene rings is 2. The van der Waals surface area contributed by atoms with Crippen molar-refractivity contribution in [1.82, 2.24) is 14.8 Å². The summed E-state index contributed by atoms with van der Waals surface area (Å²) in [5, 5.41) is 1.08. The lowest BCUT2D eigenvalue weighted by atomic mass is 9.76. The van der Waals surface area contributed by atoms with Gasteiger partial charge in [-0.1, -0.05) is 45.0 Å². The first-order valence-electron chi connectivity index (χ1n) is 13.3. The Labute approximate surface area is 218 Å². The second-order valence-electron chi connectivity index (χ2n) is 10.8. The molecule has 7 nitrogen and oxygen atoms in total. The summed E-state index contributed by atoms with van der Waals surface area (Å²) < 4.78 is 11.6. The van der Waals surface area contributed by atoms with Crippen LogP contribution in [0.15, 0.2) is 42.5 Å². The molecule has 0 aliphatic carbocycles. The Morgan fingerprint density at radius 2 is 1.92 bits per heavy atom. The third-order valence-corrected chi connectivity index (χ3v) is 7.85. The monoisotopic (exact) mass is 503 g/mol. The van der Waals surface area contributed by atoms with Crippen LogP contribution in [0.1, 0.15) is 63.3 Å². The number of methoxy groups -OCH3 is 1. The maximum absolute atomic E-state index is 14.0. The van der Waals surface area contributed by atoms with Crippen LogP contribution in [0.3, 0.4) is 0 Å². The molecule has 0 radical (unpaired) electrons. The highest BCUT2D eigenvalue weighted by atomic mass is 16.5. The number of aromatic amines is 1. The number of hydrogen-bond acceptors (Lipinski definition) is 4. The number of carbonyl (C=O) groups excluding carboxylic acids is 2. The molecular formula is C30H37N3O4. The highest BCUT2D eigenvalue weighted by Crippen LogP contribution is 2.49. The van der Waals surface area contributed by atoms with E-state index in [0.29, 0.717) is 37.1 Å². The SMILES string of the molecule is CCCOc1ccc([C@H]2CN3C(=O)CN(CCC(C)C)C(=O)[C@]3(C)c3[nH]c4ccccc4c32)cc1OC. The Hall–Kier alpha value is -3.48. The van der Waals surface area contributed by atoms with Crippen molar-refractivity contribution < 1.29 is 19.1 Å². The predicted molar refractivity (Wildman–Crippen MR) is 144 cm³/mol. The summed E-state index contributed by atoms with van der Waals surface area (Å²) in [6, 6.07) is 14.2. The minimum Gasteiger partial charge on any atom is -0.493 e. The van der Waals surface area contributed by atoms with Crippen LogP contribution in [0.4, 0.5) is 0 Å². The third kappa shape index (κ3) is 4.14. The fraction of sp³-hybridized carbons (Fsp3) is 0.467. The van der Waals surface area contributed by atoms with E-state index < -0.39 is 5.54 Å². The summed E-state index contributed by atoms with van der Waals surface area (Å²) in [7, 11) is 1.64. The zero-order chi connectivity index (χ0) is 26.3. The van der Waals surface area contributed by atoms with E-state index in [4.69, 9.17) is 9.47 Å². The van der Waals surface area contributed by atoms with Gasteiger partial charge in [-0.3, -0.25) is 9.59 Å². The number of rotatable bonds is 8. The van der Waals surface area contributed by atoms with Gasteiger partial charge in [0.2, 0.25) is 5.91 Å². The lowest BCUT2D eigenvalue weighted by molar-refractivity contribution is -0.166. The Bertz CT molecular complexity index is 1330. The van der Waals surface area contributed by atoms with Crippen LogP contribution in [0.2, 0.25) is 0 Å². The average molecular weight is 504 g/mol. The van der Waals surface area contributed by atoms with E-state index in [0.717, 1.165) is 40.6 Å². The van der Waals surface area contributed by atoms with Crippen molar-refractivity contribution in [3.63, 3.8) is 0 Å². The normalized spacial score (nSPS) is 21.4. The number of H-pyrrole nitrogens is 1. The predicted octanol–water partition coefficient (Wildman–Crippen LogP) is 5.04. The molecule has 5 rings (SSSR count). The number of nitrogens with zero attached hydrogens (tertiary/aromatic N) is 2. The van der Waals surface area contributed by atoms with E-state index in [-0.39, 0.29) is 24.3 Å². The van der Waals surface area contributed by atoms with Gasteiger partial charge in [0.1, 0.15) is 0 Å². The molecule has 1 N–H and O–H groups in total. The molecule has 0 saturated carbocycles. The Morgan fingerprint density at radius 1 is 1.14 bits per heavy atom. The zero-order valence-corrected chi connectivity index (χ0v) is 22.5. The van der Waals surface area contributed by atoms with Crippen LogP contribution in [0.5, 0.6) is 11.5 Å². The van der Waals surface area contributed by atoms with Crippen molar-refractivity contribution in [2.24, 2.45) is 5.92 Å². The van der Waals surface area contributed by atoms with Crippen molar-refractivity contribution >= 4 is 22.7 Å². The van der Waals surface area contributed by atoms with E-state index in [1.54, 1.807) is 16.9 Å². The van der Waals surface area contributed by atoms with Gasteiger partial charge in [-0.25, -0.2) is 0 Å². The lowest BCUT2D eigenvalue weighted by Gasteiger charge is -2.51. The molecule has 7 heteroatoms.